The average Bonchev–Trinajstić information content (AvgIpc) is 1.91. The predicted octanol–water partition coefficient (Wildman–Crippen LogP) is 21.9. The standard InChI is InChI=1S/C77H78F2N4O.Pt/c1-45(2)50-29-51(46(3)4)31-53(30-50)67-38-57(77(14,15)16)39-68(54-32-58(78)41-59(79)33-54)75(67)82-44-81(70-23-19-20-24-71(70)82)60-34-55(74-65(48(7)8)36-52(47(5)6)37-66(74)49(9)10)35-62(42-60)84-61-25-26-64-63-21-17-18-22-69(63)83(72(64)43-61)73-40-56(27-28-80-73)76(11,12)13;/h17-41,45-49H,1-16H3;/q;+2. The molecule has 8 aromatic carbocycles. The first-order valence-corrected chi connectivity index (χ1v) is 29.9. The van der Waals surface area contributed by atoms with E-state index in [1.54, 1.807) is 0 Å². The quantitative estimate of drug-likeness (QED) is 0.0851. The third kappa shape index (κ3) is 11.8. The molecule has 434 valence electrons. The van der Waals surface area contributed by atoms with Gasteiger partial charge in [0.2, 0.25) is 5.69 Å². The summed E-state index contributed by atoms with van der Waals surface area (Å²) in [7, 11) is 0. The van der Waals surface area contributed by atoms with E-state index < -0.39 is 11.6 Å². The zero-order valence-electron chi connectivity index (χ0n) is 52.1. The first kappa shape index (κ1) is 60.6. The van der Waals surface area contributed by atoms with Crippen molar-refractivity contribution in [3.63, 3.8) is 0 Å². The number of hydrogen-bond acceptors (Lipinski definition) is 2. The summed E-state index contributed by atoms with van der Waals surface area (Å²) in [5, 5.41) is 2.14. The van der Waals surface area contributed by atoms with Crippen molar-refractivity contribution < 1.29 is 34.6 Å². The maximum atomic E-state index is 15.8. The minimum absolute atomic E-state index is 0. The minimum Gasteiger partial charge on any atom is -0.509 e. The summed E-state index contributed by atoms with van der Waals surface area (Å²) in [6, 6.07) is 60.7. The number of para-hydroxylation sites is 3. The van der Waals surface area contributed by atoms with Gasteiger partial charge in [0.15, 0.2) is 0 Å². The molecule has 85 heavy (non-hydrogen) atoms. The monoisotopic (exact) mass is 1310 g/mol. The van der Waals surface area contributed by atoms with E-state index in [9.17, 15) is 0 Å². The normalized spacial score (nSPS) is 12.7. The Morgan fingerprint density at radius 2 is 1.06 bits per heavy atom. The van der Waals surface area contributed by atoms with E-state index in [0.717, 1.165) is 73.0 Å². The molecule has 3 heterocycles. The van der Waals surface area contributed by atoms with Gasteiger partial charge in [-0.15, -0.1) is 29.1 Å². The van der Waals surface area contributed by atoms with E-state index in [1.165, 1.54) is 51.1 Å². The number of benzene rings is 8. The van der Waals surface area contributed by atoms with Gasteiger partial charge in [-0.1, -0.05) is 194 Å². The van der Waals surface area contributed by atoms with Crippen LogP contribution in [0.5, 0.6) is 11.5 Å². The fraction of sp³-hybridized carbons (Fsp3) is 0.299. The van der Waals surface area contributed by atoms with Crippen LogP contribution in [0, 0.1) is 23.8 Å². The fourth-order valence-corrected chi connectivity index (χ4v) is 11.8. The number of halogens is 2. The van der Waals surface area contributed by atoms with Crippen LogP contribution >= 0.6 is 0 Å². The molecule has 0 atom stereocenters. The van der Waals surface area contributed by atoms with Crippen molar-refractivity contribution in [2.45, 2.75) is 151 Å². The molecular weight excluding hydrogens is 1230 g/mol. The number of ether oxygens (including phenoxy) is 1. The summed E-state index contributed by atoms with van der Waals surface area (Å²) in [6.45, 7) is 35.7. The summed E-state index contributed by atoms with van der Waals surface area (Å²) in [5.74, 6) is 1.76. The topological polar surface area (TPSA) is 33.1 Å². The van der Waals surface area contributed by atoms with Gasteiger partial charge in [0.05, 0.1) is 11.1 Å². The van der Waals surface area contributed by atoms with Gasteiger partial charge in [0, 0.05) is 41.4 Å². The minimum atomic E-state index is -0.648. The largest absolute Gasteiger partial charge is 2.00 e. The second kappa shape index (κ2) is 23.4. The number of aromatic nitrogens is 2. The van der Waals surface area contributed by atoms with Crippen molar-refractivity contribution >= 4 is 50.6 Å². The van der Waals surface area contributed by atoms with E-state index in [1.807, 2.05) is 24.4 Å². The van der Waals surface area contributed by atoms with Gasteiger partial charge >= 0.3 is 27.1 Å². The zero-order valence-corrected chi connectivity index (χ0v) is 54.4. The molecule has 0 spiro atoms. The van der Waals surface area contributed by atoms with Crippen LogP contribution in [0.4, 0.5) is 31.5 Å². The van der Waals surface area contributed by atoms with Gasteiger partial charge in [0.25, 0.3) is 11.4 Å². The molecule has 11 rings (SSSR count). The molecule has 0 saturated carbocycles. The van der Waals surface area contributed by atoms with Gasteiger partial charge in [-0.3, -0.25) is 0 Å². The Kier molecular flexibility index (Phi) is 16.6. The molecule has 0 fully saturated rings. The van der Waals surface area contributed by atoms with Crippen LogP contribution in [0.15, 0.2) is 152 Å². The van der Waals surface area contributed by atoms with E-state index in [4.69, 9.17) is 9.72 Å². The first-order chi connectivity index (χ1) is 39.8. The maximum Gasteiger partial charge on any atom is 2.00 e. The Labute approximate surface area is 517 Å². The van der Waals surface area contributed by atoms with Crippen LogP contribution in [0.1, 0.15) is 179 Å². The second-order valence-electron chi connectivity index (χ2n) is 26.6. The van der Waals surface area contributed by atoms with Crippen molar-refractivity contribution in [1.29, 1.82) is 0 Å². The molecule has 0 amide bonds. The summed E-state index contributed by atoms with van der Waals surface area (Å²) in [5.41, 5.74) is 18.3. The van der Waals surface area contributed by atoms with Gasteiger partial charge in [-0.2, -0.15) is 6.07 Å². The van der Waals surface area contributed by atoms with Gasteiger partial charge in [0.1, 0.15) is 23.1 Å². The molecule has 0 unspecified atom stereocenters. The number of fused-ring (bicyclic) bond motifs is 4. The summed E-state index contributed by atoms with van der Waals surface area (Å²) >= 11 is 0. The van der Waals surface area contributed by atoms with Crippen LogP contribution in [0.3, 0.4) is 0 Å². The number of hydrogen-bond donors (Lipinski definition) is 0. The molecule has 2 aromatic heterocycles. The molecule has 8 heteroatoms. The van der Waals surface area contributed by atoms with E-state index in [0.29, 0.717) is 34.2 Å². The second-order valence-corrected chi connectivity index (χ2v) is 26.6. The molecule has 0 aliphatic carbocycles. The van der Waals surface area contributed by atoms with E-state index in [2.05, 4.69) is 252 Å². The summed E-state index contributed by atoms with van der Waals surface area (Å²) in [6.07, 6.45) is 1.89. The number of pyridine rings is 1. The fourth-order valence-electron chi connectivity index (χ4n) is 11.8. The Hall–Kier alpha value is -7.56. The number of rotatable bonds is 13. The van der Waals surface area contributed by atoms with Crippen molar-refractivity contribution in [1.82, 2.24) is 18.7 Å². The third-order valence-corrected chi connectivity index (χ3v) is 16.7. The molecule has 1 aliphatic heterocycles. The van der Waals surface area contributed by atoms with Gasteiger partial charge in [-0.05, 0) is 148 Å². The molecule has 5 nitrogen and oxygen atoms in total. The molecule has 10 aromatic rings. The van der Waals surface area contributed by atoms with E-state index in [-0.39, 0.29) is 55.6 Å². The SMILES string of the molecule is CC(C)c1cc(-c2cc(C(C)(C)C)cc(-c3cc(F)cc(F)c3)c2[N+]2=C=[N+](c3[c-]c(Oc4[c-]c5c(cc4)c4ccccc4n5-c4cc(C(C)(C)C)ccn4)cc(-c4c(C(C)C)cc(C(C)C)cc4C(C)C)c3)c3ccccc32)cc(C(C)C)c1.[Pt+2]. The Balaban J connectivity index is 0.00000803. The van der Waals surface area contributed by atoms with Crippen molar-refractivity contribution in [2.24, 2.45) is 0 Å². The van der Waals surface area contributed by atoms with Crippen LogP contribution in [-0.4, -0.2) is 15.6 Å². The van der Waals surface area contributed by atoms with Crippen molar-refractivity contribution in [3.05, 3.63) is 215 Å². The van der Waals surface area contributed by atoms with Crippen molar-refractivity contribution in [2.75, 3.05) is 0 Å². The third-order valence-electron chi connectivity index (χ3n) is 16.7. The zero-order chi connectivity index (χ0) is 59.8. The Morgan fingerprint density at radius 1 is 0.506 bits per heavy atom. The maximum absolute atomic E-state index is 15.8. The molecule has 0 saturated heterocycles. The summed E-state index contributed by atoms with van der Waals surface area (Å²) < 4.78 is 45.0. The van der Waals surface area contributed by atoms with Gasteiger partial charge < -0.3 is 9.30 Å². The summed E-state index contributed by atoms with van der Waals surface area (Å²) in [4.78, 5) is 4.95. The van der Waals surface area contributed by atoms with Crippen LogP contribution in [0.2, 0.25) is 0 Å². The molecule has 0 N–H and O–H groups in total. The number of nitrogens with zero attached hydrogens (tertiary/aromatic N) is 4. The van der Waals surface area contributed by atoms with E-state index >= 15 is 8.78 Å². The first-order valence-electron chi connectivity index (χ1n) is 29.9. The Bertz CT molecular complexity index is 4230. The predicted molar refractivity (Wildman–Crippen MR) is 348 cm³/mol. The van der Waals surface area contributed by atoms with Gasteiger partial charge in [-0.25, -0.2) is 13.8 Å². The smallest absolute Gasteiger partial charge is 0.509 e. The molecule has 0 bridgehead atoms. The van der Waals surface area contributed by atoms with Crippen LogP contribution in [0.25, 0.3) is 61.0 Å². The van der Waals surface area contributed by atoms with Crippen LogP contribution < -0.4 is 13.9 Å². The molecule has 1 aliphatic rings. The Morgan fingerprint density at radius 3 is 1.64 bits per heavy atom. The van der Waals surface area contributed by atoms with Crippen LogP contribution in [-0.2, 0) is 31.9 Å². The average molecular weight is 1310 g/mol. The molecule has 0 radical (unpaired) electrons. The van der Waals surface area contributed by atoms with Crippen molar-refractivity contribution in [3.8, 4) is 50.7 Å². The molecular formula is C77H78F2N4OPt+2.